The lowest BCUT2D eigenvalue weighted by molar-refractivity contribution is 0.519. The van der Waals surface area contributed by atoms with E-state index in [2.05, 4.69) is 23.5 Å². The number of hydrogen-bond donors (Lipinski definition) is 1. The van der Waals surface area contributed by atoms with Crippen molar-refractivity contribution in [3.05, 3.63) is 35.1 Å². The molecule has 0 spiro atoms. The SMILES string of the molecule is N#CC1CC2CCC=C3C=CNCC1=C32. The van der Waals surface area contributed by atoms with Crippen LogP contribution in [-0.4, -0.2) is 6.54 Å². The molecule has 2 unspecified atom stereocenters. The second-order valence-electron chi connectivity index (χ2n) is 4.50. The van der Waals surface area contributed by atoms with Gasteiger partial charge in [0.1, 0.15) is 0 Å². The van der Waals surface area contributed by atoms with Crippen LogP contribution in [0.5, 0.6) is 0 Å². The molecular weight excluding hydrogens is 184 g/mol. The van der Waals surface area contributed by atoms with E-state index in [0.29, 0.717) is 5.92 Å². The van der Waals surface area contributed by atoms with E-state index >= 15 is 0 Å². The minimum Gasteiger partial charge on any atom is -0.387 e. The maximum absolute atomic E-state index is 9.16. The molecule has 0 fully saturated rings. The predicted molar refractivity (Wildman–Crippen MR) is 58.7 cm³/mol. The second-order valence-corrected chi connectivity index (χ2v) is 4.50. The Morgan fingerprint density at radius 3 is 3.27 bits per heavy atom. The van der Waals surface area contributed by atoms with Crippen LogP contribution in [0.1, 0.15) is 19.3 Å². The van der Waals surface area contributed by atoms with Gasteiger partial charge in [-0.15, -0.1) is 0 Å². The van der Waals surface area contributed by atoms with Gasteiger partial charge in [-0.05, 0) is 54.2 Å². The monoisotopic (exact) mass is 198 g/mol. The van der Waals surface area contributed by atoms with E-state index in [0.717, 1.165) is 13.0 Å². The molecule has 0 aromatic heterocycles. The molecule has 2 atom stereocenters. The molecule has 0 saturated heterocycles. The van der Waals surface area contributed by atoms with Crippen LogP contribution in [0, 0.1) is 23.2 Å². The highest BCUT2D eigenvalue weighted by Gasteiger charge is 2.36. The summed E-state index contributed by atoms with van der Waals surface area (Å²) in [4.78, 5) is 0. The molecule has 0 radical (unpaired) electrons. The van der Waals surface area contributed by atoms with E-state index in [1.165, 1.54) is 29.6 Å². The van der Waals surface area contributed by atoms with E-state index in [-0.39, 0.29) is 5.92 Å². The summed E-state index contributed by atoms with van der Waals surface area (Å²) in [5.41, 5.74) is 4.19. The Morgan fingerprint density at radius 2 is 2.40 bits per heavy atom. The van der Waals surface area contributed by atoms with Gasteiger partial charge in [-0.1, -0.05) is 6.08 Å². The van der Waals surface area contributed by atoms with Crippen LogP contribution >= 0.6 is 0 Å². The fraction of sp³-hybridized carbons (Fsp3) is 0.462. The smallest absolute Gasteiger partial charge is 0.0701 e. The molecule has 1 aliphatic heterocycles. The average Bonchev–Trinajstić information content (AvgIpc) is 2.47. The molecule has 3 rings (SSSR count). The van der Waals surface area contributed by atoms with E-state index in [4.69, 9.17) is 5.26 Å². The first kappa shape index (κ1) is 8.79. The van der Waals surface area contributed by atoms with Gasteiger partial charge < -0.3 is 5.32 Å². The maximum Gasteiger partial charge on any atom is 0.0701 e. The summed E-state index contributed by atoms with van der Waals surface area (Å²) in [6.45, 7) is 0.859. The number of allylic oxidation sites excluding steroid dienone is 4. The largest absolute Gasteiger partial charge is 0.387 e. The predicted octanol–water partition coefficient (Wildman–Crippen LogP) is 2.28. The van der Waals surface area contributed by atoms with Gasteiger partial charge >= 0.3 is 0 Å². The van der Waals surface area contributed by atoms with Crippen molar-refractivity contribution in [2.24, 2.45) is 11.8 Å². The lowest BCUT2D eigenvalue weighted by atomic mass is 9.84. The number of nitriles is 1. The summed E-state index contributed by atoms with van der Waals surface area (Å²) in [6, 6.07) is 2.45. The molecule has 0 saturated carbocycles. The van der Waals surface area contributed by atoms with Gasteiger partial charge in [0, 0.05) is 6.54 Å². The molecule has 0 aromatic rings. The molecular formula is C13H14N2. The van der Waals surface area contributed by atoms with Crippen molar-refractivity contribution in [1.82, 2.24) is 5.32 Å². The van der Waals surface area contributed by atoms with Crippen molar-refractivity contribution in [2.75, 3.05) is 6.54 Å². The first-order chi connectivity index (χ1) is 7.40. The summed E-state index contributed by atoms with van der Waals surface area (Å²) in [6.07, 6.45) is 9.94. The summed E-state index contributed by atoms with van der Waals surface area (Å²) in [5.74, 6) is 0.799. The molecule has 0 amide bonds. The first-order valence-electron chi connectivity index (χ1n) is 5.63. The zero-order valence-corrected chi connectivity index (χ0v) is 8.66. The van der Waals surface area contributed by atoms with Crippen LogP contribution in [0.4, 0.5) is 0 Å². The Kier molecular flexibility index (Phi) is 1.92. The lowest BCUT2D eigenvalue weighted by Gasteiger charge is -2.20. The van der Waals surface area contributed by atoms with Gasteiger partial charge in [0.15, 0.2) is 0 Å². The highest BCUT2D eigenvalue weighted by molar-refractivity contribution is 5.52. The third kappa shape index (κ3) is 1.23. The first-order valence-corrected chi connectivity index (χ1v) is 5.63. The third-order valence-electron chi connectivity index (χ3n) is 3.71. The minimum absolute atomic E-state index is 0.152. The Balaban J connectivity index is 2.12. The van der Waals surface area contributed by atoms with Gasteiger partial charge in [-0.3, -0.25) is 0 Å². The van der Waals surface area contributed by atoms with Crippen molar-refractivity contribution >= 4 is 0 Å². The van der Waals surface area contributed by atoms with Crippen molar-refractivity contribution in [1.29, 1.82) is 5.26 Å². The molecule has 2 heteroatoms. The Labute approximate surface area is 90.0 Å². The highest BCUT2D eigenvalue weighted by Crippen LogP contribution is 2.45. The molecule has 76 valence electrons. The van der Waals surface area contributed by atoms with Crippen molar-refractivity contribution in [3.8, 4) is 6.07 Å². The van der Waals surface area contributed by atoms with Gasteiger partial charge in [-0.2, -0.15) is 5.26 Å². The molecule has 2 nitrogen and oxygen atoms in total. The number of nitrogens with one attached hydrogen (secondary N) is 1. The van der Waals surface area contributed by atoms with Gasteiger partial charge in [0.2, 0.25) is 0 Å². The van der Waals surface area contributed by atoms with Crippen molar-refractivity contribution in [2.45, 2.75) is 19.3 Å². The maximum atomic E-state index is 9.16. The third-order valence-corrected chi connectivity index (χ3v) is 3.71. The van der Waals surface area contributed by atoms with Crippen LogP contribution in [0.3, 0.4) is 0 Å². The van der Waals surface area contributed by atoms with E-state index in [9.17, 15) is 0 Å². The Bertz CT molecular complexity index is 420. The highest BCUT2D eigenvalue weighted by atomic mass is 14.8. The van der Waals surface area contributed by atoms with Crippen LogP contribution in [0.15, 0.2) is 35.1 Å². The Morgan fingerprint density at radius 1 is 1.47 bits per heavy atom. The summed E-state index contributed by atoms with van der Waals surface area (Å²) in [5, 5.41) is 12.4. The minimum atomic E-state index is 0.152. The fourth-order valence-corrected chi connectivity index (χ4v) is 3.05. The molecule has 0 bridgehead atoms. The fourth-order valence-electron chi connectivity index (χ4n) is 3.05. The standard InChI is InChI=1S/C13H14N2/c14-7-11-6-10-3-1-2-9-4-5-15-8-12(11)13(9)10/h2,4-5,10-11,15H,1,3,6,8H2. The van der Waals surface area contributed by atoms with Crippen LogP contribution in [-0.2, 0) is 0 Å². The number of rotatable bonds is 0. The van der Waals surface area contributed by atoms with Gasteiger partial charge in [-0.25, -0.2) is 0 Å². The average molecular weight is 198 g/mol. The summed E-state index contributed by atoms with van der Waals surface area (Å²) >= 11 is 0. The summed E-state index contributed by atoms with van der Waals surface area (Å²) in [7, 11) is 0. The number of hydrogen-bond acceptors (Lipinski definition) is 2. The molecule has 0 aromatic carbocycles. The van der Waals surface area contributed by atoms with E-state index < -0.39 is 0 Å². The van der Waals surface area contributed by atoms with Crippen molar-refractivity contribution < 1.29 is 0 Å². The normalized spacial score (nSPS) is 32.6. The molecule has 15 heavy (non-hydrogen) atoms. The molecule has 2 aliphatic carbocycles. The molecule has 1 heterocycles. The zero-order valence-electron chi connectivity index (χ0n) is 8.66. The quantitative estimate of drug-likeness (QED) is 0.648. The van der Waals surface area contributed by atoms with E-state index in [1.807, 2.05) is 6.20 Å². The Hall–Kier alpha value is -1.49. The van der Waals surface area contributed by atoms with Crippen LogP contribution in [0.25, 0.3) is 0 Å². The second kappa shape index (κ2) is 3.27. The topological polar surface area (TPSA) is 35.8 Å². The zero-order chi connectivity index (χ0) is 10.3. The lowest BCUT2D eigenvalue weighted by Crippen LogP contribution is -2.12. The van der Waals surface area contributed by atoms with Crippen LogP contribution in [0.2, 0.25) is 0 Å². The number of nitrogens with zero attached hydrogens (tertiary/aromatic N) is 1. The van der Waals surface area contributed by atoms with Gasteiger partial charge in [0.25, 0.3) is 0 Å². The van der Waals surface area contributed by atoms with E-state index in [1.54, 1.807) is 0 Å². The molecule has 3 aliphatic rings. The van der Waals surface area contributed by atoms with Crippen LogP contribution < -0.4 is 5.32 Å². The molecule has 1 N–H and O–H groups in total. The van der Waals surface area contributed by atoms with Gasteiger partial charge in [0.05, 0.1) is 12.0 Å². The van der Waals surface area contributed by atoms with Crippen molar-refractivity contribution in [3.63, 3.8) is 0 Å². The summed E-state index contributed by atoms with van der Waals surface area (Å²) < 4.78 is 0.